The van der Waals surface area contributed by atoms with Gasteiger partial charge in [0.05, 0.1) is 11.8 Å². The van der Waals surface area contributed by atoms with Crippen molar-refractivity contribution < 1.29 is 19.4 Å². The molecule has 1 saturated carbocycles. The van der Waals surface area contributed by atoms with E-state index < -0.39 is 11.6 Å². The highest BCUT2D eigenvalue weighted by Gasteiger charge is 2.33. The van der Waals surface area contributed by atoms with Crippen molar-refractivity contribution >= 4 is 11.9 Å². The van der Waals surface area contributed by atoms with Gasteiger partial charge in [-0.3, -0.25) is 9.59 Å². The largest absolute Gasteiger partial charge is 0.481 e. The summed E-state index contributed by atoms with van der Waals surface area (Å²) in [5.41, 5.74) is -0.426. The molecule has 1 N–H and O–H groups in total. The van der Waals surface area contributed by atoms with Crippen molar-refractivity contribution in [2.24, 2.45) is 17.8 Å². The number of aliphatic carboxylic acids is 1. The van der Waals surface area contributed by atoms with Gasteiger partial charge in [0.25, 0.3) is 0 Å². The summed E-state index contributed by atoms with van der Waals surface area (Å²) < 4.78 is 5.64. The number of carboxylic acid groups (broad SMARTS) is 1. The van der Waals surface area contributed by atoms with E-state index in [1.165, 1.54) is 0 Å². The lowest BCUT2D eigenvalue weighted by Crippen LogP contribution is -2.34. The Morgan fingerprint density at radius 1 is 1.15 bits per heavy atom. The fourth-order valence-electron chi connectivity index (χ4n) is 2.62. The molecule has 20 heavy (non-hydrogen) atoms. The highest BCUT2D eigenvalue weighted by Crippen LogP contribution is 2.31. The van der Waals surface area contributed by atoms with Crippen LogP contribution < -0.4 is 0 Å². The summed E-state index contributed by atoms with van der Waals surface area (Å²) in [6.45, 7) is 8.22. The minimum atomic E-state index is -0.742. The molecule has 0 aromatic heterocycles. The van der Waals surface area contributed by atoms with Crippen molar-refractivity contribution in [2.45, 2.75) is 71.8 Å². The van der Waals surface area contributed by atoms with Crippen LogP contribution in [0.2, 0.25) is 0 Å². The Balaban J connectivity index is 2.41. The molecule has 0 spiro atoms. The SMILES string of the molecule is CC(C)CCC(C)(C)OC(=O)C1CCC(C(=O)O)CC1. The van der Waals surface area contributed by atoms with E-state index >= 15 is 0 Å². The number of rotatable bonds is 6. The zero-order valence-corrected chi connectivity index (χ0v) is 13.1. The zero-order valence-electron chi connectivity index (χ0n) is 13.1. The van der Waals surface area contributed by atoms with Gasteiger partial charge in [0, 0.05) is 0 Å². The van der Waals surface area contributed by atoms with E-state index in [1.807, 2.05) is 13.8 Å². The summed E-state index contributed by atoms with van der Waals surface area (Å²) >= 11 is 0. The predicted octanol–water partition coefficient (Wildman–Crippen LogP) is 3.64. The van der Waals surface area contributed by atoms with Crippen LogP contribution in [0.1, 0.15) is 66.2 Å². The van der Waals surface area contributed by atoms with E-state index in [2.05, 4.69) is 13.8 Å². The summed E-state index contributed by atoms with van der Waals surface area (Å²) in [6.07, 6.45) is 4.34. The Kier molecular flexibility index (Phi) is 6.03. The molecule has 1 rings (SSSR count). The fourth-order valence-corrected chi connectivity index (χ4v) is 2.62. The first-order valence-electron chi connectivity index (χ1n) is 7.67. The topological polar surface area (TPSA) is 63.6 Å². The molecule has 0 atom stereocenters. The molecule has 0 radical (unpaired) electrons. The Morgan fingerprint density at radius 2 is 1.65 bits per heavy atom. The van der Waals surface area contributed by atoms with Crippen LogP contribution in [0.25, 0.3) is 0 Å². The third kappa shape index (κ3) is 5.51. The third-order valence-corrected chi connectivity index (χ3v) is 4.11. The van der Waals surface area contributed by atoms with Crippen LogP contribution in [-0.4, -0.2) is 22.6 Å². The van der Waals surface area contributed by atoms with Gasteiger partial charge in [-0.05, 0) is 58.3 Å². The number of ether oxygens (including phenoxy) is 1. The van der Waals surface area contributed by atoms with E-state index in [4.69, 9.17) is 9.84 Å². The van der Waals surface area contributed by atoms with Gasteiger partial charge < -0.3 is 9.84 Å². The van der Waals surface area contributed by atoms with Crippen LogP contribution in [-0.2, 0) is 14.3 Å². The number of hydrogen-bond donors (Lipinski definition) is 1. The highest BCUT2D eigenvalue weighted by molar-refractivity contribution is 5.74. The first-order chi connectivity index (χ1) is 9.21. The Hall–Kier alpha value is -1.06. The van der Waals surface area contributed by atoms with Gasteiger partial charge in [0.1, 0.15) is 5.60 Å². The van der Waals surface area contributed by atoms with E-state index in [9.17, 15) is 9.59 Å². The van der Waals surface area contributed by atoms with Crippen LogP contribution in [0.5, 0.6) is 0 Å². The molecule has 0 aromatic carbocycles. The maximum Gasteiger partial charge on any atom is 0.309 e. The predicted molar refractivity (Wildman–Crippen MR) is 77.3 cm³/mol. The molecule has 4 nitrogen and oxygen atoms in total. The summed E-state index contributed by atoms with van der Waals surface area (Å²) in [4.78, 5) is 23.1. The van der Waals surface area contributed by atoms with Crippen molar-refractivity contribution in [3.8, 4) is 0 Å². The average molecular weight is 284 g/mol. The summed E-state index contributed by atoms with van der Waals surface area (Å²) in [5.74, 6) is -0.701. The van der Waals surface area contributed by atoms with Gasteiger partial charge in [-0.1, -0.05) is 13.8 Å². The number of carbonyl (C=O) groups excluding carboxylic acids is 1. The van der Waals surface area contributed by atoms with Crippen molar-refractivity contribution in [1.82, 2.24) is 0 Å². The fraction of sp³-hybridized carbons (Fsp3) is 0.875. The first-order valence-corrected chi connectivity index (χ1v) is 7.67. The molecule has 1 aliphatic rings. The van der Waals surface area contributed by atoms with E-state index in [0.29, 0.717) is 31.6 Å². The van der Waals surface area contributed by atoms with E-state index in [-0.39, 0.29) is 17.8 Å². The smallest absolute Gasteiger partial charge is 0.309 e. The van der Waals surface area contributed by atoms with Crippen LogP contribution in [0.15, 0.2) is 0 Å². The average Bonchev–Trinajstić information content (AvgIpc) is 2.36. The lowest BCUT2D eigenvalue weighted by molar-refractivity contribution is -0.165. The molecular weight excluding hydrogens is 256 g/mol. The first kappa shape index (κ1) is 17.0. The molecular formula is C16H28O4. The molecule has 0 aliphatic heterocycles. The Labute approximate surface area is 121 Å². The quantitative estimate of drug-likeness (QED) is 0.756. The molecule has 116 valence electrons. The summed E-state index contributed by atoms with van der Waals surface area (Å²) in [7, 11) is 0. The van der Waals surface area contributed by atoms with E-state index in [0.717, 1.165) is 12.8 Å². The molecule has 0 heterocycles. The number of hydrogen-bond acceptors (Lipinski definition) is 3. The normalized spacial score (nSPS) is 23.6. The molecule has 0 bridgehead atoms. The van der Waals surface area contributed by atoms with Gasteiger partial charge in [0.15, 0.2) is 0 Å². The van der Waals surface area contributed by atoms with Crippen LogP contribution in [0.3, 0.4) is 0 Å². The van der Waals surface area contributed by atoms with Crippen molar-refractivity contribution in [1.29, 1.82) is 0 Å². The van der Waals surface area contributed by atoms with Crippen molar-refractivity contribution in [3.63, 3.8) is 0 Å². The van der Waals surface area contributed by atoms with Crippen molar-refractivity contribution in [3.05, 3.63) is 0 Å². The molecule has 1 fully saturated rings. The minimum absolute atomic E-state index is 0.121. The number of carbonyl (C=O) groups is 2. The monoisotopic (exact) mass is 284 g/mol. The zero-order chi connectivity index (χ0) is 15.3. The molecule has 0 saturated heterocycles. The van der Waals surface area contributed by atoms with E-state index in [1.54, 1.807) is 0 Å². The second-order valence-electron chi connectivity index (χ2n) is 7.00. The maximum atomic E-state index is 12.2. The van der Waals surface area contributed by atoms with Gasteiger partial charge in [-0.2, -0.15) is 0 Å². The van der Waals surface area contributed by atoms with Crippen molar-refractivity contribution in [2.75, 3.05) is 0 Å². The highest BCUT2D eigenvalue weighted by atomic mass is 16.6. The maximum absolute atomic E-state index is 12.2. The molecule has 4 heteroatoms. The Bertz CT molecular complexity index is 338. The lowest BCUT2D eigenvalue weighted by Gasteiger charge is -2.30. The Morgan fingerprint density at radius 3 is 2.10 bits per heavy atom. The van der Waals surface area contributed by atoms with Crippen LogP contribution in [0.4, 0.5) is 0 Å². The molecule has 0 unspecified atom stereocenters. The van der Waals surface area contributed by atoms with Crippen LogP contribution in [0, 0.1) is 17.8 Å². The summed E-state index contributed by atoms with van der Waals surface area (Å²) in [5, 5.41) is 8.96. The molecule has 1 aliphatic carbocycles. The number of carboxylic acids is 1. The van der Waals surface area contributed by atoms with Gasteiger partial charge in [-0.25, -0.2) is 0 Å². The minimum Gasteiger partial charge on any atom is -0.481 e. The lowest BCUT2D eigenvalue weighted by atomic mass is 9.82. The number of esters is 1. The summed E-state index contributed by atoms with van der Waals surface area (Å²) in [6, 6.07) is 0. The molecule has 0 amide bonds. The second kappa shape index (κ2) is 7.09. The molecule has 0 aromatic rings. The van der Waals surface area contributed by atoms with Gasteiger partial charge in [0.2, 0.25) is 0 Å². The van der Waals surface area contributed by atoms with Crippen LogP contribution >= 0.6 is 0 Å². The third-order valence-electron chi connectivity index (χ3n) is 4.11. The second-order valence-corrected chi connectivity index (χ2v) is 7.00. The van der Waals surface area contributed by atoms with Gasteiger partial charge in [-0.15, -0.1) is 0 Å². The standard InChI is InChI=1S/C16H28O4/c1-11(2)9-10-16(3,4)20-15(19)13-7-5-12(6-8-13)14(17)18/h11-13H,5-10H2,1-4H3,(H,17,18). The van der Waals surface area contributed by atoms with Gasteiger partial charge >= 0.3 is 11.9 Å².